The second kappa shape index (κ2) is 4.77. The quantitative estimate of drug-likeness (QED) is 0.533. The van der Waals surface area contributed by atoms with E-state index in [0.29, 0.717) is 0 Å². The standard InChI is InChI=1S/C7H17NO/c1-5-6-9-7(2)8(3)4/h7H,5-6H2,1-4H3. The van der Waals surface area contributed by atoms with Crippen molar-refractivity contribution in [1.82, 2.24) is 4.90 Å². The van der Waals surface area contributed by atoms with Gasteiger partial charge in [0, 0.05) is 6.61 Å². The smallest absolute Gasteiger partial charge is 0.107 e. The predicted molar refractivity (Wildman–Crippen MR) is 39.4 cm³/mol. The summed E-state index contributed by atoms with van der Waals surface area (Å²) in [4.78, 5) is 2.05. The molecule has 0 aromatic rings. The van der Waals surface area contributed by atoms with E-state index in [1.165, 1.54) is 0 Å². The molecule has 0 saturated heterocycles. The maximum atomic E-state index is 5.38. The van der Waals surface area contributed by atoms with Gasteiger partial charge in [0.1, 0.15) is 6.23 Å². The van der Waals surface area contributed by atoms with Gasteiger partial charge in [0.05, 0.1) is 0 Å². The first-order valence-corrected chi connectivity index (χ1v) is 3.46. The Morgan fingerprint density at radius 1 is 1.44 bits per heavy atom. The lowest BCUT2D eigenvalue weighted by atomic mass is 10.5. The lowest BCUT2D eigenvalue weighted by molar-refractivity contribution is -0.0222. The van der Waals surface area contributed by atoms with Crippen LogP contribution in [-0.4, -0.2) is 31.8 Å². The fraction of sp³-hybridized carbons (Fsp3) is 1.00. The molecule has 0 aliphatic carbocycles. The van der Waals surface area contributed by atoms with E-state index >= 15 is 0 Å². The summed E-state index contributed by atoms with van der Waals surface area (Å²) in [6, 6.07) is 0. The summed E-state index contributed by atoms with van der Waals surface area (Å²) in [7, 11) is 4.03. The Hall–Kier alpha value is -0.0800. The van der Waals surface area contributed by atoms with E-state index in [2.05, 4.69) is 18.7 Å². The second-order valence-corrected chi connectivity index (χ2v) is 2.43. The second-order valence-electron chi connectivity index (χ2n) is 2.43. The highest BCUT2D eigenvalue weighted by Gasteiger charge is 2.00. The van der Waals surface area contributed by atoms with E-state index in [9.17, 15) is 0 Å². The van der Waals surface area contributed by atoms with E-state index in [4.69, 9.17) is 4.74 Å². The first-order valence-electron chi connectivity index (χ1n) is 3.46. The molecule has 0 rings (SSSR count). The Morgan fingerprint density at radius 2 is 2.00 bits per heavy atom. The summed E-state index contributed by atoms with van der Waals surface area (Å²) in [5.41, 5.74) is 0. The molecule has 0 aromatic heterocycles. The third-order valence-corrected chi connectivity index (χ3v) is 1.29. The first-order chi connectivity index (χ1) is 4.18. The Balaban J connectivity index is 3.16. The van der Waals surface area contributed by atoms with E-state index in [-0.39, 0.29) is 6.23 Å². The van der Waals surface area contributed by atoms with Crippen molar-refractivity contribution in [2.45, 2.75) is 26.5 Å². The lowest BCUT2D eigenvalue weighted by Crippen LogP contribution is -2.27. The SMILES string of the molecule is CCCOC(C)N(C)C. The van der Waals surface area contributed by atoms with E-state index in [1.807, 2.05) is 14.1 Å². The third kappa shape index (κ3) is 4.43. The highest BCUT2D eigenvalue weighted by molar-refractivity contribution is 4.42. The number of rotatable bonds is 4. The fourth-order valence-electron chi connectivity index (χ4n) is 0.437. The predicted octanol–water partition coefficient (Wildman–Crippen LogP) is 1.32. The molecule has 0 aliphatic heterocycles. The van der Waals surface area contributed by atoms with Gasteiger partial charge in [-0.3, -0.25) is 4.90 Å². The fourth-order valence-corrected chi connectivity index (χ4v) is 0.437. The molecule has 0 aromatic carbocycles. The van der Waals surface area contributed by atoms with Crippen LogP contribution in [-0.2, 0) is 4.74 Å². The topological polar surface area (TPSA) is 12.5 Å². The van der Waals surface area contributed by atoms with Crippen LogP contribution < -0.4 is 0 Å². The van der Waals surface area contributed by atoms with Crippen molar-refractivity contribution in [1.29, 1.82) is 0 Å². The molecule has 2 heteroatoms. The average Bonchev–Trinajstić information content (AvgIpc) is 1.82. The van der Waals surface area contributed by atoms with Gasteiger partial charge in [-0.2, -0.15) is 0 Å². The van der Waals surface area contributed by atoms with Crippen molar-refractivity contribution in [2.24, 2.45) is 0 Å². The van der Waals surface area contributed by atoms with Gasteiger partial charge in [0.25, 0.3) is 0 Å². The molecule has 56 valence electrons. The minimum atomic E-state index is 0.255. The van der Waals surface area contributed by atoms with Gasteiger partial charge in [-0.25, -0.2) is 0 Å². The van der Waals surface area contributed by atoms with Crippen LogP contribution in [0.4, 0.5) is 0 Å². The molecule has 0 amide bonds. The van der Waals surface area contributed by atoms with Gasteiger partial charge in [0.2, 0.25) is 0 Å². The van der Waals surface area contributed by atoms with Gasteiger partial charge in [-0.05, 0) is 27.4 Å². The Morgan fingerprint density at radius 3 is 2.33 bits per heavy atom. The number of hydrogen-bond acceptors (Lipinski definition) is 2. The van der Waals surface area contributed by atoms with E-state index in [1.54, 1.807) is 0 Å². The van der Waals surface area contributed by atoms with Crippen LogP contribution in [0.2, 0.25) is 0 Å². The van der Waals surface area contributed by atoms with Crippen LogP contribution in [0.3, 0.4) is 0 Å². The molecule has 0 fully saturated rings. The van der Waals surface area contributed by atoms with Gasteiger partial charge >= 0.3 is 0 Å². The molecule has 0 bridgehead atoms. The molecule has 0 N–H and O–H groups in total. The number of ether oxygens (including phenoxy) is 1. The Bertz CT molecular complexity index is 63.9. The molecule has 9 heavy (non-hydrogen) atoms. The zero-order valence-corrected chi connectivity index (χ0v) is 6.85. The lowest BCUT2D eigenvalue weighted by Gasteiger charge is -2.19. The Labute approximate surface area is 57.8 Å². The van der Waals surface area contributed by atoms with E-state index < -0.39 is 0 Å². The summed E-state index contributed by atoms with van der Waals surface area (Å²) in [5.74, 6) is 0. The van der Waals surface area contributed by atoms with E-state index in [0.717, 1.165) is 13.0 Å². The molecule has 2 nitrogen and oxygen atoms in total. The zero-order chi connectivity index (χ0) is 7.28. The normalized spacial score (nSPS) is 14.3. The summed E-state index contributed by atoms with van der Waals surface area (Å²) in [5, 5.41) is 0. The largest absolute Gasteiger partial charge is 0.363 e. The van der Waals surface area contributed by atoms with Gasteiger partial charge in [-0.1, -0.05) is 6.92 Å². The van der Waals surface area contributed by atoms with Crippen molar-refractivity contribution in [2.75, 3.05) is 20.7 Å². The van der Waals surface area contributed by atoms with Crippen molar-refractivity contribution in [3.63, 3.8) is 0 Å². The van der Waals surface area contributed by atoms with Gasteiger partial charge < -0.3 is 4.74 Å². The van der Waals surface area contributed by atoms with Gasteiger partial charge in [0.15, 0.2) is 0 Å². The Kier molecular flexibility index (Phi) is 4.72. The summed E-state index contributed by atoms with van der Waals surface area (Å²) >= 11 is 0. The van der Waals surface area contributed by atoms with Crippen molar-refractivity contribution in [3.05, 3.63) is 0 Å². The van der Waals surface area contributed by atoms with Crippen LogP contribution in [0.5, 0.6) is 0 Å². The molecule has 0 saturated carbocycles. The van der Waals surface area contributed by atoms with Crippen LogP contribution in [0.1, 0.15) is 20.3 Å². The molecule has 0 aliphatic rings. The molecule has 0 radical (unpaired) electrons. The monoisotopic (exact) mass is 131 g/mol. The molecule has 1 unspecified atom stereocenters. The number of nitrogens with zero attached hydrogens (tertiary/aromatic N) is 1. The molecular formula is C7H17NO. The van der Waals surface area contributed by atoms with Crippen molar-refractivity contribution >= 4 is 0 Å². The zero-order valence-electron chi connectivity index (χ0n) is 6.85. The molecular weight excluding hydrogens is 114 g/mol. The highest BCUT2D eigenvalue weighted by atomic mass is 16.5. The van der Waals surface area contributed by atoms with Crippen LogP contribution >= 0.6 is 0 Å². The highest BCUT2D eigenvalue weighted by Crippen LogP contribution is 1.93. The third-order valence-electron chi connectivity index (χ3n) is 1.29. The summed E-state index contributed by atoms with van der Waals surface area (Å²) < 4.78 is 5.38. The van der Waals surface area contributed by atoms with Crippen molar-refractivity contribution in [3.8, 4) is 0 Å². The first kappa shape index (κ1) is 8.92. The van der Waals surface area contributed by atoms with Crippen LogP contribution in [0.15, 0.2) is 0 Å². The molecule has 1 atom stereocenters. The minimum absolute atomic E-state index is 0.255. The van der Waals surface area contributed by atoms with Gasteiger partial charge in [-0.15, -0.1) is 0 Å². The average molecular weight is 131 g/mol. The van der Waals surface area contributed by atoms with Crippen LogP contribution in [0.25, 0.3) is 0 Å². The van der Waals surface area contributed by atoms with Crippen molar-refractivity contribution < 1.29 is 4.74 Å². The summed E-state index contributed by atoms with van der Waals surface area (Å²) in [6.07, 6.45) is 1.35. The molecule has 0 heterocycles. The molecule has 0 spiro atoms. The number of hydrogen-bond donors (Lipinski definition) is 0. The summed E-state index contributed by atoms with van der Waals surface area (Å²) in [6.45, 7) is 5.03. The van der Waals surface area contributed by atoms with Crippen LogP contribution in [0, 0.1) is 0 Å². The minimum Gasteiger partial charge on any atom is -0.363 e. The maximum absolute atomic E-state index is 5.38. The maximum Gasteiger partial charge on any atom is 0.107 e.